The van der Waals surface area contributed by atoms with Crippen LogP contribution in [0, 0.1) is 23.8 Å². The Balaban J connectivity index is 2.87. The molecule has 0 spiro atoms. The number of allylic oxidation sites excluding steroid dienone is 3. The lowest BCUT2D eigenvalue weighted by atomic mass is 9.76. The summed E-state index contributed by atoms with van der Waals surface area (Å²) in [6.45, 7) is 9.24. The van der Waals surface area contributed by atoms with Crippen molar-refractivity contribution in [2.45, 2.75) is 66.2 Å². The number of hydrogen-bond acceptors (Lipinski definition) is 0. The van der Waals surface area contributed by atoms with Gasteiger partial charge in [0.15, 0.2) is 0 Å². The summed E-state index contributed by atoms with van der Waals surface area (Å²) in [5.41, 5.74) is 1.57. The highest BCUT2D eigenvalue weighted by atomic mass is 14.6. The minimum Gasteiger partial charge on any atom is -0.0685 e. The second-order valence-corrected chi connectivity index (χ2v) is 5.82. The van der Waals surface area contributed by atoms with Crippen LogP contribution in [0.1, 0.15) is 66.2 Å². The molecule has 0 radical (unpaired) electrons. The third-order valence-corrected chi connectivity index (χ3v) is 4.30. The Morgan fingerprint density at radius 2 is 2.11 bits per heavy atom. The molecule has 1 heteroatoms. The van der Waals surface area contributed by atoms with E-state index in [-0.39, 0.29) is 0 Å². The zero-order valence-electron chi connectivity index (χ0n) is 13.2. The third-order valence-electron chi connectivity index (χ3n) is 4.30. The predicted molar refractivity (Wildman–Crippen MR) is 85.3 cm³/mol. The fourth-order valence-electron chi connectivity index (χ4n) is 3.03. The second kappa shape index (κ2) is 8.97. The molecule has 3 atom stereocenters. The van der Waals surface area contributed by atoms with E-state index >= 15 is 0 Å². The van der Waals surface area contributed by atoms with Gasteiger partial charge in [-0.3, -0.25) is 0 Å². The molecule has 0 N–H and O–H groups in total. The average Bonchev–Trinajstić information content (AvgIpc) is 2.38. The summed E-state index contributed by atoms with van der Waals surface area (Å²) in [4.78, 5) is 4.35. The van der Waals surface area contributed by atoms with Gasteiger partial charge in [-0.2, -0.15) is 0 Å². The van der Waals surface area contributed by atoms with E-state index in [0.717, 1.165) is 18.3 Å². The molecule has 0 aliphatic carbocycles. The molecule has 3 unspecified atom stereocenters. The summed E-state index contributed by atoms with van der Waals surface area (Å²) < 4.78 is 0. The summed E-state index contributed by atoms with van der Waals surface area (Å²) >= 11 is 0. The Labute approximate surface area is 119 Å². The first-order chi connectivity index (χ1) is 9.22. The van der Waals surface area contributed by atoms with Crippen molar-refractivity contribution in [2.75, 3.05) is 0 Å². The molecule has 106 valence electrons. The first-order valence-electron chi connectivity index (χ1n) is 8.02. The lowest BCUT2D eigenvalue weighted by Crippen LogP contribution is -2.21. The van der Waals surface area contributed by atoms with Crippen molar-refractivity contribution >= 4 is 0 Å². The van der Waals surface area contributed by atoms with Gasteiger partial charge >= 0.3 is 6.20 Å². The normalized spacial score (nSPS) is 21.7. The van der Waals surface area contributed by atoms with E-state index < -0.39 is 0 Å². The van der Waals surface area contributed by atoms with E-state index in [4.69, 9.17) is 0 Å². The van der Waals surface area contributed by atoms with Gasteiger partial charge in [0, 0.05) is 6.08 Å². The molecule has 0 fully saturated rings. The fraction of sp³-hybridized carbons (Fsp3) is 0.722. The second-order valence-electron chi connectivity index (χ2n) is 5.82. The number of nitrogens with zero attached hydrogens (tertiary/aromatic N) is 1. The minimum absolute atomic E-state index is 0.498. The number of rotatable bonds is 7. The molecular formula is C18H30N+. The average molecular weight is 260 g/mol. The van der Waals surface area contributed by atoms with Gasteiger partial charge in [0.1, 0.15) is 0 Å². The van der Waals surface area contributed by atoms with Crippen LogP contribution in [-0.2, 0) is 0 Å². The Morgan fingerprint density at radius 3 is 2.74 bits per heavy atom. The Morgan fingerprint density at radius 1 is 1.32 bits per heavy atom. The smallest absolute Gasteiger partial charge is 0.0685 e. The van der Waals surface area contributed by atoms with Crippen LogP contribution in [0.2, 0.25) is 0 Å². The first kappa shape index (κ1) is 16.0. The van der Waals surface area contributed by atoms with Crippen LogP contribution in [0.15, 0.2) is 23.9 Å². The zero-order chi connectivity index (χ0) is 14.1. The molecule has 1 rings (SSSR count). The SMILES string of the molecule is CCCC1=CC=C[N+]#CC(C(CCC)C(C)CC)C1. The van der Waals surface area contributed by atoms with Gasteiger partial charge in [0.2, 0.25) is 0 Å². The van der Waals surface area contributed by atoms with Gasteiger partial charge in [0.25, 0.3) is 6.07 Å². The van der Waals surface area contributed by atoms with Crippen molar-refractivity contribution < 1.29 is 0 Å². The Kier molecular flexibility index (Phi) is 7.56. The van der Waals surface area contributed by atoms with Crippen molar-refractivity contribution in [2.24, 2.45) is 17.8 Å². The fourth-order valence-corrected chi connectivity index (χ4v) is 3.03. The highest BCUT2D eigenvalue weighted by Gasteiger charge is 2.29. The van der Waals surface area contributed by atoms with E-state index in [1.807, 2.05) is 6.20 Å². The maximum absolute atomic E-state index is 4.35. The van der Waals surface area contributed by atoms with Crippen molar-refractivity contribution in [3.05, 3.63) is 28.8 Å². The maximum atomic E-state index is 4.35. The van der Waals surface area contributed by atoms with Crippen LogP contribution in [0.3, 0.4) is 0 Å². The predicted octanol–water partition coefficient (Wildman–Crippen LogP) is 6.04. The van der Waals surface area contributed by atoms with Gasteiger partial charge in [0.05, 0.1) is 5.92 Å². The van der Waals surface area contributed by atoms with E-state index in [1.54, 1.807) is 5.57 Å². The van der Waals surface area contributed by atoms with Gasteiger partial charge in [-0.1, -0.05) is 58.6 Å². The molecule has 19 heavy (non-hydrogen) atoms. The Bertz CT molecular complexity index is 367. The highest BCUT2D eigenvalue weighted by molar-refractivity contribution is 5.21. The minimum atomic E-state index is 0.498. The van der Waals surface area contributed by atoms with Gasteiger partial charge in [-0.15, -0.1) is 0 Å². The largest absolute Gasteiger partial charge is 0.305 e. The molecule has 0 saturated carbocycles. The monoisotopic (exact) mass is 260 g/mol. The van der Waals surface area contributed by atoms with Crippen LogP contribution in [0.4, 0.5) is 0 Å². The van der Waals surface area contributed by atoms with Crippen LogP contribution < -0.4 is 0 Å². The molecule has 0 saturated heterocycles. The molecule has 0 bridgehead atoms. The van der Waals surface area contributed by atoms with Crippen molar-refractivity contribution in [1.82, 2.24) is 0 Å². The molecule has 0 aromatic carbocycles. The number of hydrogen-bond donors (Lipinski definition) is 0. The summed E-state index contributed by atoms with van der Waals surface area (Å²) in [7, 11) is 0. The Hall–Kier alpha value is -1.03. The summed E-state index contributed by atoms with van der Waals surface area (Å²) in [5.74, 6) is 1.99. The molecule has 1 heterocycles. The molecule has 1 nitrogen and oxygen atoms in total. The highest BCUT2D eigenvalue weighted by Crippen LogP contribution is 2.33. The van der Waals surface area contributed by atoms with Crippen molar-refractivity contribution in [3.8, 4) is 6.07 Å². The van der Waals surface area contributed by atoms with Gasteiger partial charge in [-0.25, -0.2) is 0 Å². The summed E-state index contributed by atoms with van der Waals surface area (Å²) in [6, 6.07) is 3.41. The molecule has 1 aliphatic heterocycles. The van der Waals surface area contributed by atoms with E-state index in [2.05, 4.69) is 50.8 Å². The van der Waals surface area contributed by atoms with E-state index in [0.29, 0.717) is 5.92 Å². The van der Waals surface area contributed by atoms with Crippen LogP contribution in [0.25, 0.3) is 4.85 Å². The molecule has 0 amide bonds. The first-order valence-corrected chi connectivity index (χ1v) is 8.02. The third kappa shape index (κ3) is 5.23. The lowest BCUT2D eigenvalue weighted by Gasteiger charge is -2.26. The van der Waals surface area contributed by atoms with Gasteiger partial charge in [-0.05, 0) is 35.9 Å². The molecule has 0 aromatic rings. The maximum Gasteiger partial charge on any atom is 0.305 e. The van der Waals surface area contributed by atoms with Crippen molar-refractivity contribution in [1.29, 1.82) is 0 Å². The van der Waals surface area contributed by atoms with Crippen LogP contribution in [-0.4, -0.2) is 0 Å². The topological polar surface area (TPSA) is 4.36 Å². The van der Waals surface area contributed by atoms with E-state index in [1.165, 1.54) is 32.1 Å². The molecular weight excluding hydrogens is 230 g/mol. The van der Waals surface area contributed by atoms with Crippen LogP contribution in [0.5, 0.6) is 0 Å². The zero-order valence-corrected chi connectivity index (χ0v) is 13.2. The van der Waals surface area contributed by atoms with Crippen LogP contribution >= 0.6 is 0 Å². The van der Waals surface area contributed by atoms with E-state index in [9.17, 15) is 0 Å². The van der Waals surface area contributed by atoms with Gasteiger partial charge < -0.3 is 0 Å². The molecule has 1 aliphatic rings. The lowest BCUT2D eigenvalue weighted by molar-refractivity contribution is 0.256. The summed E-state index contributed by atoms with van der Waals surface area (Å²) in [6.07, 6.45) is 13.6. The quantitative estimate of drug-likeness (QED) is 0.525. The summed E-state index contributed by atoms with van der Waals surface area (Å²) in [5, 5.41) is 0. The molecule has 0 aromatic heterocycles. The standard InChI is InChI=1S/C18H30N/c1-5-9-16-11-8-12-19-14-17(13-16)18(10-6-2)15(4)7-3/h8,11-12,15,17-18H,5-7,9-10,13H2,1-4H3/q+1. The van der Waals surface area contributed by atoms with Crippen molar-refractivity contribution in [3.63, 3.8) is 0 Å².